The fraction of sp³-hybridized carbons (Fsp3) is 0.412. The number of hydrogen-bond donors (Lipinski definition) is 1. The molecule has 0 saturated carbocycles. The molecular weight excluding hydrogens is 234 g/mol. The molecule has 0 saturated heterocycles. The van der Waals surface area contributed by atoms with E-state index >= 15 is 0 Å². The number of benzene rings is 2. The van der Waals surface area contributed by atoms with Gasteiger partial charge >= 0.3 is 0 Å². The fourth-order valence-electron chi connectivity index (χ4n) is 2.45. The molecule has 1 atom stereocenters. The summed E-state index contributed by atoms with van der Waals surface area (Å²) in [6.07, 6.45) is 1.95. The number of rotatable bonds is 6. The Hall–Kier alpha value is -1.38. The van der Waals surface area contributed by atoms with Gasteiger partial charge in [-0.25, -0.2) is 0 Å². The fourth-order valence-corrected chi connectivity index (χ4v) is 2.45. The minimum atomic E-state index is -0.423. The molecule has 0 spiro atoms. The van der Waals surface area contributed by atoms with Gasteiger partial charge in [-0.05, 0) is 36.3 Å². The highest BCUT2D eigenvalue weighted by Crippen LogP contribution is 2.24. The van der Waals surface area contributed by atoms with Crippen molar-refractivity contribution in [1.82, 2.24) is 4.90 Å². The number of fused-ring (bicyclic) bond motifs is 1. The Morgan fingerprint density at radius 2 is 1.84 bits per heavy atom. The lowest BCUT2D eigenvalue weighted by Crippen LogP contribution is -2.25. The standard InChI is InChI=1S/C17H23NO/c1-3-4-12-18(2)13-17(19)16-11-7-9-14-8-5-6-10-15(14)16/h5-11,17,19H,3-4,12-13H2,1-2H3. The average Bonchev–Trinajstić information content (AvgIpc) is 2.44. The van der Waals surface area contributed by atoms with Crippen molar-refractivity contribution in [3.05, 3.63) is 48.0 Å². The quantitative estimate of drug-likeness (QED) is 0.854. The van der Waals surface area contributed by atoms with Crippen LogP contribution in [-0.2, 0) is 0 Å². The third-order valence-electron chi connectivity index (χ3n) is 3.56. The highest BCUT2D eigenvalue weighted by atomic mass is 16.3. The monoisotopic (exact) mass is 257 g/mol. The van der Waals surface area contributed by atoms with Crippen LogP contribution in [0, 0.1) is 0 Å². The van der Waals surface area contributed by atoms with Gasteiger partial charge in [0.1, 0.15) is 0 Å². The Morgan fingerprint density at radius 1 is 1.11 bits per heavy atom. The molecule has 0 aliphatic rings. The summed E-state index contributed by atoms with van der Waals surface area (Å²) in [6, 6.07) is 14.4. The largest absolute Gasteiger partial charge is 0.387 e. The van der Waals surface area contributed by atoms with Crippen LogP contribution in [0.4, 0.5) is 0 Å². The molecule has 2 rings (SSSR count). The zero-order valence-electron chi connectivity index (χ0n) is 11.8. The van der Waals surface area contributed by atoms with Gasteiger partial charge < -0.3 is 10.0 Å². The molecule has 102 valence electrons. The molecule has 0 bridgehead atoms. The molecule has 0 aliphatic heterocycles. The van der Waals surface area contributed by atoms with E-state index in [-0.39, 0.29) is 0 Å². The van der Waals surface area contributed by atoms with Crippen LogP contribution in [0.5, 0.6) is 0 Å². The van der Waals surface area contributed by atoms with Crippen LogP contribution >= 0.6 is 0 Å². The van der Waals surface area contributed by atoms with Crippen molar-refractivity contribution in [3.8, 4) is 0 Å². The molecule has 0 aliphatic carbocycles. The molecule has 0 heterocycles. The zero-order chi connectivity index (χ0) is 13.7. The van der Waals surface area contributed by atoms with Crippen LogP contribution in [0.2, 0.25) is 0 Å². The van der Waals surface area contributed by atoms with Gasteiger partial charge in [-0.2, -0.15) is 0 Å². The van der Waals surface area contributed by atoms with Gasteiger partial charge in [-0.15, -0.1) is 0 Å². The van der Waals surface area contributed by atoms with E-state index in [0.717, 1.165) is 17.5 Å². The van der Waals surface area contributed by atoms with Crippen molar-refractivity contribution < 1.29 is 5.11 Å². The number of likely N-dealkylation sites (N-methyl/N-ethyl adjacent to an activating group) is 1. The summed E-state index contributed by atoms with van der Waals surface area (Å²) in [4.78, 5) is 2.20. The predicted molar refractivity (Wildman–Crippen MR) is 81.3 cm³/mol. The highest BCUT2D eigenvalue weighted by molar-refractivity contribution is 5.85. The van der Waals surface area contributed by atoms with Gasteiger partial charge in [0.25, 0.3) is 0 Å². The van der Waals surface area contributed by atoms with E-state index in [1.54, 1.807) is 0 Å². The molecule has 1 unspecified atom stereocenters. The second-order valence-corrected chi connectivity index (χ2v) is 5.20. The number of nitrogens with zero attached hydrogens (tertiary/aromatic N) is 1. The van der Waals surface area contributed by atoms with Crippen molar-refractivity contribution in [2.24, 2.45) is 0 Å². The molecule has 0 radical (unpaired) electrons. The van der Waals surface area contributed by atoms with Crippen molar-refractivity contribution in [2.45, 2.75) is 25.9 Å². The van der Waals surface area contributed by atoms with Crippen molar-refractivity contribution >= 4 is 10.8 Å². The smallest absolute Gasteiger partial charge is 0.0922 e. The third kappa shape index (κ3) is 3.55. The van der Waals surface area contributed by atoms with E-state index in [1.165, 1.54) is 18.2 Å². The minimum absolute atomic E-state index is 0.423. The second kappa shape index (κ2) is 6.69. The summed E-state index contributed by atoms with van der Waals surface area (Å²) in [5, 5.41) is 12.8. The first kappa shape index (κ1) is 14.0. The van der Waals surface area contributed by atoms with Gasteiger partial charge in [0.05, 0.1) is 6.10 Å². The minimum Gasteiger partial charge on any atom is -0.387 e. The van der Waals surface area contributed by atoms with Crippen LogP contribution < -0.4 is 0 Å². The number of aliphatic hydroxyl groups excluding tert-OH is 1. The number of aliphatic hydroxyl groups is 1. The first-order valence-electron chi connectivity index (χ1n) is 7.06. The normalized spacial score (nSPS) is 13.1. The molecule has 2 aromatic carbocycles. The lowest BCUT2D eigenvalue weighted by Gasteiger charge is -2.21. The summed E-state index contributed by atoms with van der Waals surface area (Å²) in [6.45, 7) is 3.92. The van der Waals surface area contributed by atoms with Crippen LogP contribution in [-0.4, -0.2) is 30.1 Å². The summed E-state index contributed by atoms with van der Waals surface area (Å²) in [5.74, 6) is 0. The molecule has 2 aromatic rings. The van der Waals surface area contributed by atoms with Gasteiger partial charge in [-0.3, -0.25) is 0 Å². The van der Waals surface area contributed by atoms with Gasteiger partial charge in [0.15, 0.2) is 0 Å². The molecule has 19 heavy (non-hydrogen) atoms. The van der Waals surface area contributed by atoms with Crippen LogP contribution in [0.25, 0.3) is 10.8 Å². The molecule has 0 fully saturated rings. The molecule has 0 amide bonds. The van der Waals surface area contributed by atoms with Gasteiger partial charge in [-0.1, -0.05) is 55.8 Å². The maximum Gasteiger partial charge on any atom is 0.0922 e. The van der Waals surface area contributed by atoms with E-state index in [2.05, 4.69) is 37.1 Å². The maximum atomic E-state index is 10.4. The summed E-state index contributed by atoms with van der Waals surface area (Å²) >= 11 is 0. The van der Waals surface area contributed by atoms with Crippen LogP contribution in [0.3, 0.4) is 0 Å². The Bertz CT molecular complexity index is 518. The van der Waals surface area contributed by atoms with E-state index < -0.39 is 6.10 Å². The lowest BCUT2D eigenvalue weighted by molar-refractivity contribution is 0.127. The van der Waals surface area contributed by atoms with Crippen LogP contribution in [0.1, 0.15) is 31.4 Å². The van der Waals surface area contributed by atoms with Crippen molar-refractivity contribution in [3.63, 3.8) is 0 Å². The van der Waals surface area contributed by atoms with Crippen molar-refractivity contribution in [1.29, 1.82) is 0 Å². The van der Waals surface area contributed by atoms with E-state index in [0.29, 0.717) is 6.54 Å². The van der Waals surface area contributed by atoms with Gasteiger partial charge in [0, 0.05) is 6.54 Å². The molecule has 2 heteroatoms. The van der Waals surface area contributed by atoms with Gasteiger partial charge in [0.2, 0.25) is 0 Å². The second-order valence-electron chi connectivity index (χ2n) is 5.20. The summed E-state index contributed by atoms with van der Waals surface area (Å²) in [7, 11) is 2.07. The molecule has 0 aromatic heterocycles. The predicted octanol–water partition coefficient (Wildman–Crippen LogP) is 3.61. The van der Waals surface area contributed by atoms with Crippen molar-refractivity contribution in [2.75, 3.05) is 20.1 Å². The van der Waals surface area contributed by atoms with E-state index in [9.17, 15) is 5.11 Å². The Morgan fingerprint density at radius 3 is 2.63 bits per heavy atom. The number of unbranched alkanes of at least 4 members (excludes halogenated alkanes) is 1. The van der Waals surface area contributed by atoms with Crippen LogP contribution in [0.15, 0.2) is 42.5 Å². The first-order chi connectivity index (χ1) is 9.22. The Kier molecular flexibility index (Phi) is 4.94. The SMILES string of the molecule is CCCCN(C)CC(O)c1cccc2ccccc12. The Balaban J connectivity index is 2.15. The number of hydrogen-bond acceptors (Lipinski definition) is 2. The molecular formula is C17H23NO. The maximum absolute atomic E-state index is 10.4. The average molecular weight is 257 g/mol. The van der Waals surface area contributed by atoms with E-state index in [1.807, 2.05) is 24.3 Å². The highest BCUT2D eigenvalue weighted by Gasteiger charge is 2.12. The molecule has 1 N–H and O–H groups in total. The zero-order valence-corrected chi connectivity index (χ0v) is 11.8. The summed E-state index contributed by atoms with van der Waals surface area (Å²) < 4.78 is 0. The van der Waals surface area contributed by atoms with E-state index in [4.69, 9.17) is 0 Å². The summed E-state index contributed by atoms with van der Waals surface area (Å²) in [5.41, 5.74) is 1.03. The Labute approximate surface area is 115 Å². The topological polar surface area (TPSA) is 23.5 Å². The lowest BCUT2D eigenvalue weighted by atomic mass is 10.00. The first-order valence-corrected chi connectivity index (χ1v) is 7.06. The third-order valence-corrected chi connectivity index (χ3v) is 3.56. The molecule has 2 nitrogen and oxygen atoms in total.